The number of hydrogen-bond acceptors (Lipinski definition) is 6. The van der Waals surface area contributed by atoms with Gasteiger partial charge in [0.1, 0.15) is 5.76 Å². The zero-order chi connectivity index (χ0) is 19.2. The zero-order valence-corrected chi connectivity index (χ0v) is 15.1. The number of nitrogens with two attached hydrogens (primary N) is 2. The minimum absolute atomic E-state index is 0.0599. The summed E-state index contributed by atoms with van der Waals surface area (Å²) in [5.41, 5.74) is 9.90. The number of rotatable bonds is 5. The van der Waals surface area contributed by atoms with E-state index in [-0.39, 0.29) is 17.4 Å². The zero-order valence-electron chi connectivity index (χ0n) is 15.1. The average molecular weight is 359 g/mol. The van der Waals surface area contributed by atoms with Crippen LogP contribution >= 0.6 is 0 Å². The molecule has 0 spiro atoms. The summed E-state index contributed by atoms with van der Waals surface area (Å²) in [5.74, 6) is 6.17. The van der Waals surface area contributed by atoms with E-state index in [0.717, 1.165) is 23.1 Å². The normalized spacial score (nSPS) is 11.2. The van der Waals surface area contributed by atoms with Gasteiger partial charge < -0.3 is 16.3 Å². The molecule has 136 valence electrons. The van der Waals surface area contributed by atoms with Crippen LogP contribution in [0.3, 0.4) is 0 Å². The number of nitrogens with zero attached hydrogens (tertiary/aromatic N) is 3. The molecular formula is C21H21N5O. The van der Waals surface area contributed by atoms with Crippen LogP contribution < -0.4 is 11.6 Å². The van der Waals surface area contributed by atoms with Crippen LogP contribution in [0, 0.1) is 0 Å². The van der Waals surface area contributed by atoms with Crippen molar-refractivity contribution in [3.8, 4) is 11.3 Å². The Morgan fingerprint density at radius 3 is 2.52 bits per heavy atom. The lowest BCUT2D eigenvalue weighted by Gasteiger charge is -2.13. The highest BCUT2D eigenvalue weighted by Gasteiger charge is 2.17. The first-order chi connectivity index (χ1) is 13.1. The molecule has 0 saturated heterocycles. The predicted molar refractivity (Wildman–Crippen MR) is 109 cm³/mol. The van der Waals surface area contributed by atoms with Crippen molar-refractivity contribution in [3.63, 3.8) is 0 Å². The average Bonchev–Trinajstić information content (AvgIpc) is 2.73. The SMILES string of the molecule is C=C(O/C(=N\N)c1nc(-c2ccccc2CC)cnc1N)c1ccccc1. The lowest BCUT2D eigenvalue weighted by atomic mass is 10.0. The molecule has 0 aliphatic rings. The van der Waals surface area contributed by atoms with E-state index in [2.05, 4.69) is 34.6 Å². The van der Waals surface area contributed by atoms with Gasteiger partial charge in [0.05, 0.1) is 11.9 Å². The molecule has 0 bridgehead atoms. The number of hydrogen-bond donors (Lipinski definition) is 2. The first kappa shape index (κ1) is 18.1. The molecule has 1 aromatic heterocycles. The topological polar surface area (TPSA) is 99.4 Å². The summed E-state index contributed by atoms with van der Waals surface area (Å²) in [5, 5.41) is 3.71. The molecule has 3 aromatic rings. The van der Waals surface area contributed by atoms with Crippen LogP contribution in [0.15, 0.2) is 72.5 Å². The number of anilines is 1. The van der Waals surface area contributed by atoms with Crippen LogP contribution in [0.25, 0.3) is 17.0 Å². The van der Waals surface area contributed by atoms with Crippen LogP contribution in [0.4, 0.5) is 5.82 Å². The highest BCUT2D eigenvalue weighted by Crippen LogP contribution is 2.24. The number of benzene rings is 2. The molecule has 6 nitrogen and oxygen atoms in total. The van der Waals surface area contributed by atoms with Gasteiger partial charge in [-0.25, -0.2) is 9.97 Å². The van der Waals surface area contributed by atoms with Gasteiger partial charge in [-0.1, -0.05) is 68.1 Å². The molecule has 6 heteroatoms. The van der Waals surface area contributed by atoms with Crippen molar-refractivity contribution in [1.82, 2.24) is 9.97 Å². The van der Waals surface area contributed by atoms with Gasteiger partial charge in [0.2, 0.25) is 0 Å². The fourth-order valence-electron chi connectivity index (χ4n) is 2.70. The van der Waals surface area contributed by atoms with Crippen molar-refractivity contribution < 1.29 is 4.74 Å². The third-order valence-electron chi connectivity index (χ3n) is 4.11. The minimum atomic E-state index is 0.0599. The van der Waals surface area contributed by atoms with Gasteiger partial charge in [0.15, 0.2) is 11.5 Å². The largest absolute Gasteiger partial charge is 0.436 e. The van der Waals surface area contributed by atoms with E-state index in [9.17, 15) is 0 Å². The third kappa shape index (κ3) is 3.95. The van der Waals surface area contributed by atoms with E-state index in [0.29, 0.717) is 11.5 Å². The first-order valence-corrected chi connectivity index (χ1v) is 8.55. The summed E-state index contributed by atoms with van der Waals surface area (Å²) in [6, 6.07) is 17.4. The highest BCUT2D eigenvalue weighted by molar-refractivity contribution is 5.99. The van der Waals surface area contributed by atoms with E-state index in [1.54, 1.807) is 6.20 Å². The molecule has 0 amide bonds. The summed E-state index contributed by atoms with van der Waals surface area (Å²) in [6.07, 6.45) is 2.50. The number of nitrogen functional groups attached to an aromatic ring is 1. The summed E-state index contributed by atoms with van der Waals surface area (Å²) in [7, 11) is 0. The molecule has 0 atom stereocenters. The summed E-state index contributed by atoms with van der Waals surface area (Å²) < 4.78 is 5.75. The molecule has 2 aromatic carbocycles. The molecule has 0 unspecified atom stereocenters. The van der Waals surface area contributed by atoms with Crippen molar-refractivity contribution >= 4 is 17.5 Å². The molecule has 3 rings (SSSR count). The number of aromatic nitrogens is 2. The Balaban J connectivity index is 1.96. The molecule has 0 fully saturated rings. The lowest BCUT2D eigenvalue weighted by molar-refractivity contribution is 0.505. The van der Waals surface area contributed by atoms with Crippen molar-refractivity contribution in [2.45, 2.75) is 13.3 Å². The van der Waals surface area contributed by atoms with Gasteiger partial charge in [-0.2, -0.15) is 0 Å². The monoisotopic (exact) mass is 359 g/mol. The second-order valence-corrected chi connectivity index (χ2v) is 5.83. The van der Waals surface area contributed by atoms with Gasteiger partial charge in [0, 0.05) is 11.1 Å². The molecule has 0 aliphatic carbocycles. The van der Waals surface area contributed by atoms with Crippen LogP contribution in [-0.2, 0) is 11.2 Å². The Morgan fingerprint density at radius 1 is 1.11 bits per heavy atom. The van der Waals surface area contributed by atoms with E-state index < -0.39 is 0 Å². The van der Waals surface area contributed by atoms with E-state index in [4.69, 9.17) is 16.3 Å². The van der Waals surface area contributed by atoms with Crippen LogP contribution in [-0.4, -0.2) is 15.9 Å². The summed E-state index contributed by atoms with van der Waals surface area (Å²) in [4.78, 5) is 8.85. The Hall–Kier alpha value is -3.67. The van der Waals surface area contributed by atoms with Gasteiger partial charge in [-0.3, -0.25) is 0 Å². The van der Waals surface area contributed by atoms with E-state index in [1.807, 2.05) is 48.5 Å². The van der Waals surface area contributed by atoms with Gasteiger partial charge >= 0.3 is 0 Å². The maximum atomic E-state index is 6.01. The summed E-state index contributed by atoms with van der Waals surface area (Å²) >= 11 is 0. The lowest BCUT2D eigenvalue weighted by Crippen LogP contribution is -2.15. The van der Waals surface area contributed by atoms with Crippen molar-refractivity contribution in [2.24, 2.45) is 10.9 Å². The molecule has 4 N–H and O–H groups in total. The molecular weight excluding hydrogens is 338 g/mol. The van der Waals surface area contributed by atoms with Gasteiger partial charge in [-0.15, -0.1) is 5.10 Å². The molecule has 27 heavy (non-hydrogen) atoms. The maximum Gasteiger partial charge on any atom is 0.265 e. The van der Waals surface area contributed by atoms with Crippen molar-refractivity contribution in [1.29, 1.82) is 0 Å². The third-order valence-corrected chi connectivity index (χ3v) is 4.11. The smallest absolute Gasteiger partial charge is 0.265 e. The predicted octanol–water partition coefficient (Wildman–Crippen LogP) is 3.60. The van der Waals surface area contributed by atoms with E-state index >= 15 is 0 Å². The van der Waals surface area contributed by atoms with Crippen molar-refractivity contribution in [2.75, 3.05) is 5.73 Å². The van der Waals surface area contributed by atoms with Crippen LogP contribution in [0.1, 0.15) is 23.7 Å². The Bertz CT molecular complexity index is 983. The Kier molecular flexibility index (Phi) is 5.47. The Labute approximate surface area is 158 Å². The quantitative estimate of drug-likeness (QED) is 0.238. The fourth-order valence-corrected chi connectivity index (χ4v) is 2.70. The van der Waals surface area contributed by atoms with Crippen LogP contribution in [0.2, 0.25) is 0 Å². The highest BCUT2D eigenvalue weighted by atomic mass is 16.5. The second kappa shape index (κ2) is 8.14. The Morgan fingerprint density at radius 2 is 1.81 bits per heavy atom. The second-order valence-electron chi connectivity index (χ2n) is 5.83. The molecule has 0 aliphatic heterocycles. The standard InChI is InChI=1S/C21H21N5O/c1-3-15-9-7-8-12-17(15)18-13-24-20(22)19(25-18)21(26-23)27-14(2)16-10-5-4-6-11-16/h4-13H,2-3,23H2,1H3,(H2,22,24)/b26-21-. The maximum absolute atomic E-state index is 6.01. The number of aryl methyl sites for hydroxylation is 1. The fraction of sp³-hybridized carbons (Fsp3) is 0.0952. The van der Waals surface area contributed by atoms with Gasteiger partial charge in [0.25, 0.3) is 5.90 Å². The van der Waals surface area contributed by atoms with Gasteiger partial charge in [-0.05, 0) is 12.0 Å². The molecule has 1 heterocycles. The van der Waals surface area contributed by atoms with Crippen molar-refractivity contribution in [3.05, 3.63) is 84.2 Å². The summed E-state index contributed by atoms with van der Waals surface area (Å²) in [6.45, 7) is 6.02. The van der Waals surface area contributed by atoms with Crippen LogP contribution in [0.5, 0.6) is 0 Å². The minimum Gasteiger partial charge on any atom is -0.436 e. The first-order valence-electron chi connectivity index (χ1n) is 8.55. The number of hydrazone groups is 1. The van der Waals surface area contributed by atoms with E-state index in [1.165, 1.54) is 0 Å². The molecule has 0 saturated carbocycles. The number of ether oxygens (including phenoxy) is 1. The molecule has 0 radical (unpaired) electrons.